The van der Waals surface area contributed by atoms with Gasteiger partial charge in [-0.1, -0.05) is 29.9 Å². The number of hydrogen-bond donors (Lipinski definition) is 3. The molecular formula is C15H23N3O. The number of nitrogens with two attached hydrogens (primary N) is 1. The van der Waals surface area contributed by atoms with Gasteiger partial charge in [-0.3, -0.25) is 0 Å². The highest BCUT2D eigenvalue weighted by molar-refractivity contribution is 5.39. The van der Waals surface area contributed by atoms with Crippen molar-refractivity contribution in [2.45, 2.75) is 13.8 Å². The lowest BCUT2D eigenvalue weighted by Gasteiger charge is -2.04. The molecule has 0 aliphatic rings. The minimum absolute atomic E-state index is 0.0664. The van der Waals surface area contributed by atoms with Crippen LogP contribution < -0.4 is 21.6 Å². The second kappa shape index (κ2) is 7.48. The molecule has 0 aliphatic heterocycles. The molecule has 19 heavy (non-hydrogen) atoms. The van der Waals surface area contributed by atoms with E-state index in [0.717, 1.165) is 16.1 Å². The van der Waals surface area contributed by atoms with Crippen molar-refractivity contribution in [1.29, 1.82) is 0 Å². The summed E-state index contributed by atoms with van der Waals surface area (Å²) in [5.74, 6) is 0.661. The van der Waals surface area contributed by atoms with Crippen LogP contribution in [0.1, 0.15) is 13.8 Å². The Hall–Kier alpha value is -1.94. The molecule has 0 radical (unpaired) electrons. The van der Waals surface area contributed by atoms with Gasteiger partial charge in [-0.15, -0.1) is 0 Å². The van der Waals surface area contributed by atoms with E-state index in [0.29, 0.717) is 12.4 Å². The van der Waals surface area contributed by atoms with E-state index in [1.807, 2.05) is 56.0 Å². The first kappa shape index (κ1) is 15.1. The normalized spacial score (nSPS) is 15.2. The van der Waals surface area contributed by atoms with Crippen molar-refractivity contribution in [2.24, 2.45) is 12.8 Å². The number of hydrogen-bond acceptors (Lipinski definition) is 3. The van der Waals surface area contributed by atoms with Gasteiger partial charge in [0.15, 0.2) is 0 Å². The van der Waals surface area contributed by atoms with Crippen LogP contribution in [0.4, 0.5) is 0 Å². The summed E-state index contributed by atoms with van der Waals surface area (Å²) in [4.78, 5) is 0. The van der Waals surface area contributed by atoms with Gasteiger partial charge in [-0.2, -0.15) is 0 Å². The maximum Gasteiger partial charge on any atom is 0.121 e. The minimum Gasteiger partial charge on any atom is -0.392 e. The zero-order valence-corrected chi connectivity index (χ0v) is 11.9. The van der Waals surface area contributed by atoms with Crippen molar-refractivity contribution < 1.29 is 5.11 Å². The second-order valence-corrected chi connectivity index (χ2v) is 4.35. The van der Waals surface area contributed by atoms with Crippen LogP contribution in [-0.4, -0.2) is 22.8 Å². The standard InChI is InChI=1S/C15H23N3O/c1-4-13-7-10-18(3)14(13)15(16)17-9-5-6-12(2)8-11-19/h4-8,10,17,19H,9,11,16H2,1-3H3/b6-5-,12-8-,13-4-,15-14-. The van der Waals surface area contributed by atoms with Gasteiger partial charge in [0.2, 0.25) is 0 Å². The lowest BCUT2D eigenvalue weighted by atomic mass is 10.2. The van der Waals surface area contributed by atoms with Gasteiger partial charge < -0.3 is 20.7 Å². The number of aliphatic hydroxyl groups excluding tert-OH is 1. The Morgan fingerprint density at radius 1 is 1.53 bits per heavy atom. The quantitative estimate of drug-likeness (QED) is 0.650. The van der Waals surface area contributed by atoms with Gasteiger partial charge in [-0.25, -0.2) is 0 Å². The lowest BCUT2D eigenvalue weighted by molar-refractivity contribution is 0.342. The highest BCUT2D eigenvalue weighted by Crippen LogP contribution is 1.92. The van der Waals surface area contributed by atoms with Crippen LogP contribution in [0, 0.1) is 0 Å². The van der Waals surface area contributed by atoms with Gasteiger partial charge in [0.05, 0.1) is 12.0 Å². The molecular weight excluding hydrogens is 238 g/mol. The Bertz CT molecular complexity index is 579. The summed E-state index contributed by atoms with van der Waals surface area (Å²) < 4.78 is 2.00. The number of aromatic nitrogens is 1. The summed E-state index contributed by atoms with van der Waals surface area (Å²) >= 11 is 0. The summed E-state index contributed by atoms with van der Waals surface area (Å²) in [6.45, 7) is 4.66. The highest BCUT2D eigenvalue weighted by atomic mass is 16.2. The summed E-state index contributed by atoms with van der Waals surface area (Å²) in [6, 6.07) is 2.04. The third-order valence-electron chi connectivity index (χ3n) is 2.87. The molecule has 0 amide bonds. The second-order valence-electron chi connectivity index (χ2n) is 4.35. The van der Waals surface area contributed by atoms with Crippen molar-refractivity contribution >= 4 is 11.9 Å². The van der Waals surface area contributed by atoms with Crippen LogP contribution in [0.15, 0.2) is 36.1 Å². The molecule has 1 aromatic rings. The van der Waals surface area contributed by atoms with Gasteiger partial charge in [0, 0.05) is 19.8 Å². The van der Waals surface area contributed by atoms with E-state index in [4.69, 9.17) is 10.8 Å². The summed E-state index contributed by atoms with van der Waals surface area (Å²) in [7, 11) is 1.97. The van der Waals surface area contributed by atoms with E-state index >= 15 is 0 Å². The molecule has 0 fully saturated rings. The number of allylic oxidation sites excluding steroid dienone is 2. The molecule has 0 aromatic carbocycles. The van der Waals surface area contributed by atoms with Crippen molar-refractivity contribution in [2.75, 3.05) is 13.2 Å². The molecule has 0 atom stereocenters. The number of nitrogens with zero attached hydrogens (tertiary/aromatic N) is 1. The topological polar surface area (TPSA) is 63.2 Å². The Morgan fingerprint density at radius 3 is 2.89 bits per heavy atom. The molecule has 1 heterocycles. The van der Waals surface area contributed by atoms with E-state index < -0.39 is 0 Å². The first-order valence-corrected chi connectivity index (χ1v) is 6.35. The first-order chi connectivity index (χ1) is 9.10. The van der Waals surface area contributed by atoms with Crippen LogP contribution in [0.3, 0.4) is 0 Å². The monoisotopic (exact) mass is 261 g/mol. The van der Waals surface area contributed by atoms with E-state index in [-0.39, 0.29) is 6.61 Å². The molecule has 0 unspecified atom stereocenters. The zero-order chi connectivity index (χ0) is 14.3. The van der Waals surface area contributed by atoms with Gasteiger partial charge in [-0.05, 0) is 25.1 Å². The molecule has 0 saturated carbocycles. The number of nitrogens with one attached hydrogen (secondary N) is 1. The number of aliphatic hydroxyl groups is 1. The number of rotatable bonds is 5. The maximum atomic E-state index is 8.74. The fourth-order valence-electron chi connectivity index (χ4n) is 1.84. The maximum absolute atomic E-state index is 8.74. The third kappa shape index (κ3) is 4.34. The molecule has 4 N–H and O–H groups in total. The van der Waals surface area contributed by atoms with E-state index in [1.165, 1.54) is 0 Å². The molecule has 0 saturated heterocycles. The van der Waals surface area contributed by atoms with E-state index in [1.54, 1.807) is 6.08 Å². The van der Waals surface area contributed by atoms with Crippen molar-refractivity contribution in [3.63, 3.8) is 0 Å². The van der Waals surface area contributed by atoms with Gasteiger partial charge in [0.25, 0.3) is 0 Å². The fraction of sp³-hybridized carbons (Fsp3) is 0.333. The molecule has 104 valence electrons. The molecule has 1 rings (SSSR count). The van der Waals surface area contributed by atoms with E-state index in [9.17, 15) is 0 Å². The largest absolute Gasteiger partial charge is 0.392 e. The zero-order valence-electron chi connectivity index (χ0n) is 11.9. The fourth-order valence-corrected chi connectivity index (χ4v) is 1.84. The average Bonchev–Trinajstić information content (AvgIpc) is 2.76. The molecule has 4 nitrogen and oxygen atoms in total. The predicted octanol–water partition coefficient (Wildman–Crippen LogP) is -0.0657. The highest BCUT2D eigenvalue weighted by Gasteiger charge is 1.96. The van der Waals surface area contributed by atoms with Crippen LogP contribution in [-0.2, 0) is 7.05 Å². The average molecular weight is 261 g/mol. The molecule has 0 aliphatic carbocycles. The Balaban J connectivity index is 2.78. The number of aryl methyl sites for hydroxylation is 1. The lowest BCUT2D eigenvalue weighted by Crippen LogP contribution is -2.38. The predicted molar refractivity (Wildman–Crippen MR) is 80.4 cm³/mol. The molecule has 1 aromatic heterocycles. The molecule has 4 heteroatoms. The van der Waals surface area contributed by atoms with Crippen molar-refractivity contribution in [3.05, 3.63) is 46.6 Å². The SMILES string of the molecule is C/C=c1/ccn(C)/c1=C(/N)NC/C=C\C(C)=C/CO. The Labute approximate surface area is 114 Å². The Kier molecular flexibility index (Phi) is 5.96. The summed E-state index contributed by atoms with van der Waals surface area (Å²) in [5, 5.41) is 14.0. The van der Waals surface area contributed by atoms with Crippen LogP contribution in [0.25, 0.3) is 11.9 Å². The van der Waals surface area contributed by atoms with Crippen LogP contribution in [0.5, 0.6) is 0 Å². The minimum atomic E-state index is 0.0664. The van der Waals surface area contributed by atoms with Gasteiger partial charge >= 0.3 is 0 Å². The van der Waals surface area contributed by atoms with Crippen LogP contribution in [0.2, 0.25) is 0 Å². The third-order valence-corrected chi connectivity index (χ3v) is 2.87. The van der Waals surface area contributed by atoms with Crippen LogP contribution >= 0.6 is 0 Å². The molecule has 0 spiro atoms. The smallest absolute Gasteiger partial charge is 0.121 e. The Morgan fingerprint density at radius 2 is 2.26 bits per heavy atom. The van der Waals surface area contributed by atoms with E-state index in [2.05, 4.69) is 5.32 Å². The molecule has 0 bridgehead atoms. The first-order valence-electron chi connectivity index (χ1n) is 6.35. The van der Waals surface area contributed by atoms with Gasteiger partial charge in [0.1, 0.15) is 5.82 Å². The van der Waals surface area contributed by atoms with Crippen molar-refractivity contribution in [1.82, 2.24) is 9.88 Å². The summed E-state index contributed by atoms with van der Waals surface area (Å²) in [6.07, 6.45) is 9.71. The van der Waals surface area contributed by atoms with Crippen molar-refractivity contribution in [3.8, 4) is 0 Å². The summed E-state index contributed by atoms with van der Waals surface area (Å²) in [5.41, 5.74) is 7.10.